The first kappa shape index (κ1) is 19.2. The summed E-state index contributed by atoms with van der Waals surface area (Å²) in [6.07, 6.45) is -2.05. The molecule has 2 aromatic heterocycles. The minimum absolute atomic E-state index is 0.174. The van der Waals surface area contributed by atoms with Crippen molar-refractivity contribution < 1.29 is 26.0 Å². The minimum Gasteiger partial charge on any atom is -0.282 e. The average Bonchev–Trinajstić information content (AvgIpc) is 3.15. The van der Waals surface area contributed by atoms with Crippen molar-refractivity contribution in [1.82, 2.24) is 19.5 Å². The van der Waals surface area contributed by atoms with Crippen molar-refractivity contribution in [3.05, 3.63) is 76.6 Å². The molecule has 4 heterocycles. The molecule has 2 aliphatic rings. The molecular weight excluding hydrogens is 424 g/mol. The maximum Gasteiger partial charge on any atom is 0.433 e. The second-order valence-corrected chi connectivity index (χ2v) is 9.11. The van der Waals surface area contributed by atoms with Gasteiger partial charge in [0.25, 0.3) is 0 Å². The van der Waals surface area contributed by atoms with Gasteiger partial charge >= 0.3 is 6.18 Å². The van der Waals surface area contributed by atoms with E-state index in [0.29, 0.717) is 23.4 Å². The standard InChI is InChI=1S/C19H14F4N4O2S/c20-13-3-1-2-10-6-15-12-9-25-26-14(12)7-16(18(10)13)27(15)30(28,29)11-4-5-17(24-8-11)19(21,22)23/h1-5,8-9,15-16H,6-7H2,(H,25,26). The molecule has 0 amide bonds. The van der Waals surface area contributed by atoms with Gasteiger partial charge in [0.05, 0.1) is 18.3 Å². The zero-order chi connectivity index (χ0) is 21.3. The second kappa shape index (κ2) is 6.35. The summed E-state index contributed by atoms with van der Waals surface area (Å²) in [6, 6.07) is 4.61. The fourth-order valence-electron chi connectivity index (χ4n) is 4.34. The Hall–Kier alpha value is -2.79. The molecule has 0 saturated carbocycles. The molecule has 5 rings (SSSR count). The van der Waals surface area contributed by atoms with E-state index in [1.165, 1.54) is 16.6 Å². The lowest BCUT2D eigenvalue weighted by atomic mass is 9.81. The number of nitrogens with zero attached hydrogens (tertiary/aromatic N) is 3. The van der Waals surface area contributed by atoms with Gasteiger partial charge in [0.15, 0.2) is 0 Å². The zero-order valence-corrected chi connectivity index (χ0v) is 16.0. The summed E-state index contributed by atoms with van der Waals surface area (Å²) >= 11 is 0. The summed E-state index contributed by atoms with van der Waals surface area (Å²) in [5.41, 5.74) is 1.18. The van der Waals surface area contributed by atoms with Gasteiger partial charge in [-0.15, -0.1) is 0 Å². The van der Waals surface area contributed by atoms with Crippen LogP contribution in [-0.4, -0.2) is 27.9 Å². The summed E-state index contributed by atoms with van der Waals surface area (Å²) in [5, 5.41) is 6.84. The van der Waals surface area contributed by atoms with Gasteiger partial charge < -0.3 is 0 Å². The summed E-state index contributed by atoms with van der Waals surface area (Å²) < 4.78 is 81.3. The number of aromatic amines is 1. The molecule has 2 unspecified atom stereocenters. The number of hydrogen-bond acceptors (Lipinski definition) is 4. The Morgan fingerprint density at radius 1 is 1.07 bits per heavy atom. The molecular formula is C19H14F4N4O2S. The van der Waals surface area contributed by atoms with Crippen LogP contribution in [-0.2, 0) is 29.0 Å². The van der Waals surface area contributed by atoms with E-state index in [2.05, 4.69) is 15.2 Å². The van der Waals surface area contributed by atoms with Crippen LogP contribution in [0.25, 0.3) is 0 Å². The molecule has 0 aliphatic carbocycles. The van der Waals surface area contributed by atoms with E-state index >= 15 is 0 Å². The van der Waals surface area contributed by atoms with Crippen LogP contribution in [0, 0.1) is 5.82 Å². The van der Waals surface area contributed by atoms with E-state index in [1.807, 2.05) is 0 Å². The Morgan fingerprint density at radius 2 is 1.87 bits per heavy atom. The number of hydrogen-bond donors (Lipinski definition) is 1. The maximum absolute atomic E-state index is 14.7. The third-order valence-electron chi connectivity index (χ3n) is 5.61. The highest BCUT2D eigenvalue weighted by atomic mass is 32.2. The summed E-state index contributed by atoms with van der Waals surface area (Å²) in [4.78, 5) is 2.90. The highest BCUT2D eigenvalue weighted by molar-refractivity contribution is 7.89. The topological polar surface area (TPSA) is 79.0 Å². The zero-order valence-electron chi connectivity index (χ0n) is 15.2. The Balaban J connectivity index is 1.65. The lowest BCUT2D eigenvalue weighted by molar-refractivity contribution is -0.141. The Labute approximate surface area is 168 Å². The van der Waals surface area contributed by atoms with Gasteiger partial charge in [0, 0.05) is 29.4 Å². The molecule has 30 heavy (non-hydrogen) atoms. The van der Waals surface area contributed by atoms with Crippen LogP contribution in [0.3, 0.4) is 0 Å². The van der Waals surface area contributed by atoms with Gasteiger partial charge in [-0.3, -0.25) is 10.1 Å². The van der Waals surface area contributed by atoms with Crippen LogP contribution in [0.4, 0.5) is 17.6 Å². The molecule has 0 radical (unpaired) electrons. The highest BCUT2D eigenvalue weighted by Gasteiger charge is 2.48. The largest absolute Gasteiger partial charge is 0.433 e. The maximum atomic E-state index is 14.7. The third kappa shape index (κ3) is 2.76. The van der Waals surface area contributed by atoms with Gasteiger partial charge in [0.1, 0.15) is 16.4 Å². The fourth-order valence-corrected chi connectivity index (χ4v) is 6.05. The summed E-state index contributed by atoms with van der Waals surface area (Å²) in [5.74, 6) is -0.523. The lowest BCUT2D eigenvalue weighted by Gasteiger charge is -2.45. The quantitative estimate of drug-likeness (QED) is 0.621. The molecule has 2 aliphatic heterocycles. The van der Waals surface area contributed by atoms with E-state index in [4.69, 9.17) is 0 Å². The molecule has 6 nitrogen and oxygen atoms in total. The van der Waals surface area contributed by atoms with E-state index in [9.17, 15) is 26.0 Å². The Bertz CT molecular complexity index is 1240. The summed E-state index contributed by atoms with van der Waals surface area (Å²) in [7, 11) is -4.27. The molecule has 1 aromatic carbocycles. The second-order valence-electron chi connectivity index (χ2n) is 7.27. The number of aromatic nitrogens is 3. The van der Waals surface area contributed by atoms with Crippen LogP contribution in [0.15, 0.2) is 47.6 Å². The monoisotopic (exact) mass is 438 g/mol. The molecule has 0 fully saturated rings. The number of rotatable bonds is 2. The lowest BCUT2D eigenvalue weighted by Crippen LogP contribution is -2.46. The van der Waals surface area contributed by atoms with Crippen LogP contribution >= 0.6 is 0 Å². The Morgan fingerprint density at radius 3 is 2.57 bits per heavy atom. The third-order valence-corrected chi connectivity index (χ3v) is 7.52. The average molecular weight is 438 g/mol. The molecule has 0 spiro atoms. The van der Waals surface area contributed by atoms with Gasteiger partial charge in [-0.1, -0.05) is 12.1 Å². The van der Waals surface area contributed by atoms with E-state index in [0.717, 1.165) is 11.8 Å². The number of alkyl halides is 3. The first-order chi connectivity index (χ1) is 14.2. The minimum atomic E-state index is -4.68. The summed E-state index contributed by atoms with van der Waals surface area (Å²) in [6.45, 7) is 0. The van der Waals surface area contributed by atoms with Crippen LogP contribution in [0.1, 0.15) is 40.2 Å². The number of pyridine rings is 1. The van der Waals surface area contributed by atoms with Crippen molar-refractivity contribution in [2.24, 2.45) is 0 Å². The van der Waals surface area contributed by atoms with Crippen molar-refractivity contribution in [1.29, 1.82) is 0 Å². The smallest absolute Gasteiger partial charge is 0.282 e. The van der Waals surface area contributed by atoms with E-state index in [1.54, 1.807) is 12.1 Å². The molecule has 3 aromatic rings. The molecule has 2 atom stereocenters. The van der Waals surface area contributed by atoms with Crippen LogP contribution in [0.5, 0.6) is 0 Å². The predicted octanol–water partition coefficient (Wildman–Crippen LogP) is 3.55. The molecule has 156 valence electrons. The first-order valence-corrected chi connectivity index (χ1v) is 10.5. The highest BCUT2D eigenvalue weighted by Crippen LogP contribution is 2.49. The van der Waals surface area contributed by atoms with Crippen molar-refractivity contribution in [3.8, 4) is 0 Å². The Kier molecular flexibility index (Phi) is 4.06. The molecule has 0 saturated heterocycles. The van der Waals surface area contributed by atoms with Gasteiger partial charge in [-0.25, -0.2) is 12.8 Å². The first-order valence-electron chi connectivity index (χ1n) is 9.04. The molecule has 1 N–H and O–H groups in total. The van der Waals surface area contributed by atoms with Crippen molar-refractivity contribution in [2.75, 3.05) is 0 Å². The number of nitrogens with one attached hydrogen (secondary N) is 1. The molecule has 11 heteroatoms. The van der Waals surface area contributed by atoms with Crippen molar-refractivity contribution >= 4 is 10.0 Å². The normalized spacial score (nSPS) is 21.2. The van der Waals surface area contributed by atoms with Crippen LogP contribution < -0.4 is 0 Å². The van der Waals surface area contributed by atoms with E-state index in [-0.39, 0.29) is 23.3 Å². The van der Waals surface area contributed by atoms with Gasteiger partial charge in [-0.2, -0.15) is 22.6 Å². The number of fused-ring (bicyclic) bond motifs is 6. The van der Waals surface area contributed by atoms with Gasteiger partial charge in [-0.05, 0) is 30.2 Å². The van der Waals surface area contributed by atoms with Crippen molar-refractivity contribution in [2.45, 2.75) is 36.0 Å². The van der Waals surface area contributed by atoms with Gasteiger partial charge in [0.2, 0.25) is 10.0 Å². The number of H-pyrrole nitrogens is 1. The number of sulfonamides is 1. The van der Waals surface area contributed by atoms with Crippen molar-refractivity contribution in [3.63, 3.8) is 0 Å². The number of halogens is 4. The predicted molar refractivity (Wildman–Crippen MR) is 96.1 cm³/mol. The molecule has 2 bridgehead atoms. The SMILES string of the molecule is O=S(=O)(c1ccc(C(F)(F)F)nc1)N1C2Cc3cccc(F)c3C1Cc1[nH]ncc12. The van der Waals surface area contributed by atoms with Crippen LogP contribution in [0.2, 0.25) is 0 Å². The fraction of sp³-hybridized carbons (Fsp3) is 0.263. The number of benzene rings is 1. The van der Waals surface area contributed by atoms with E-state index < -0.39 is 39.8 Å².